The molecule has 2 rings (SSSR count). The van der Waals surface area contributed by atoms with Crippen LogP contribution in [0.5, 0.6) is 0 Å². The van der Waals surface area contributed by atoms with Gasteiger partial charge in [0.25, 0.3) is 0 Å². The lowest BCUT2D eigenvalue weighted by Gasteiger charge is -2.01. The second-order valence-corrected chi connectivity index (χ2v) is 5.11. The summed E-state index contributed by atoms with van der Waals surface area (Å²) >= 11 is 1.79. The molecule has 0 atom stereocenters. The average Bonchev–Trinajstić information content (AvgIpc) is 2.74. The zero-order valence-electron chi connectivity index (χ0n) is 9.90. The largest absolute Gasteiger partial charge is 0.264 e. The van der Waals surface area contributed by atoms with E-state index in [1.54, 1.807) is 17.5 Å². The van der Waals surface area contributed by atoms with Crippen molar-refractivity contribution in [2.75, 3.05) is 0 Å². The summed E-state index contributed by atoms with van der Waals surface area (Å²) in [5.41, 5.74) is 2.35. The third-order valence-corrected chi connectivity index (χ3v) is 3.94. The summed E-state index contributed by atoms with van der Waals surface area (Å²) in [5.74, 6) is 0.554. The number of aryl methyl sites for hydroxylation is 1. The summed E-state index contributed by atoms with van der Waals surface area (Å²) in [6, 6.07) is 4.02. The zero-order valence-corrected chi connectivity index (χ0v) is 10.7. The first-order chi connectivity index (χ1) is 7.72. The summed E-state index contributed by atoms with van der Waals surface area (Å²) in [5, 5.41) is 1.09. The smallest absolute Gasteiger partial charge is 0.125 e. The Hall–Kier alpha value is -1.22. The van der Waals surface area contributed by atoms with Crippen molar-refractivity contribution in [2.24, 2.45) is 0 Å². The van der Waals surface area contributed by atoms with Gasteiger partial charge in [0, 0.05) is 22.8 Å². The molecule has 2 nitrogen and oxygen atoms in total. The molecule has 2 aromatic heterocycles. The third kappa shape index (κ3) is 2.14. The van der Waals surface area contributed by atoms with Crippen molar-refractivity contribution in [1.29, 1.82) is 0 Å². The molecular formula is C13H16N2S. The number of nitrogens with zero attached hydrogens (tertiary/aromatic N) is 2. The highest BCUT2D eigenvalue weighted by molar-refractivity contribution is 7.15. The van der Waals surface area contributed by atoms with E-state index in [1.807, 2.05) is 12.3 Å². The van der Waals surface area contributed by atoms with E-state index < -0.39 is 0 Å². The van der Waals surface area contributed by atoms with Crippen LogP contribution in [0, 0.1) is 0 Å². The average molecular weight is 232 g/mol. The fourth-order valence-electron chi connectivity index (χ4n) is 1.68. The predicted molar refractivity (Wildman–Crippen MR) is 68.8 cm³/mol. The number of pyridine rings is 1. The minimum atomic E-state index is 0.554. The maximum atomic E-state index is 4.70. The monoisotopic (exact) mass is 232 g/mol. The molecule has 0 amide bonds. The van der Waals surface area contributed by atoms with Gasteiger partial charge < -0.3 is 0 Å². The highest BCUT2D eigenvalue weighted by atomic mass is 32.1. The molecule has 16 heavy (non-hydrogen) atoms. The quantitative estimate of drug-likeness (QED) is 0.802. The molecule has 0 bridgehead atoms. The molecule has 2 aromatic rings. The lowest BCUT2D eigenvalue weighted by molar-refractivity contribution is 0.856. The van der Waals surface area contributed by atoms with E-state index in [2.05, 4.69) is 31.8 Å². The third-order valence-electron chi connectivity index (χ3n) is 2.50. The van der Waals surface area contributed by atoms with Crippen molar-refractivity contribution in [1.82, 2.24) is 9.97 Å². The van der Waals surface area contributed by atoms with E-state index in [9.17, 15) is 0 Å². The first-order valence-electron chi connectivity index (χ1n) is 5.62. The van der Waals surface area contributed by atoms with Crippen molar-refractivity contribution in [3.8, 4) is 10.6 Å². The summed E-state index contributed by atoms with van der Waals surface area (Å²) in [6.45, 7) is 6.60. The number of aromatic nitrogens is 2. The highest BCUT2D eigenvalue weighted by Gasteiger charge is 2.13. The zero-order chi connectivity index (χ0) is 11.5. The molecule has 0 unspecified atom stereocenters. The van der Waals surface area contributed by atoms with Gasteiger partial charge in [0.15, 0.2) is 0 Å². The summed E-state index contributed by atoms with van der Waals surface area (Å²) < 4.78 is 0. The van der Waals surface area contributed by atoms with Gasteiger partial charge in [-0.1, -0.05) is 20.8 Å². The first-order valence-corrected chi connectivity index (χ1v) is 6.44. The number of hydrogen-bond acceptors (Lipinski definition) is 3. The van der Waals surface area contributed by atoms with Crippen LogP contribution in [0.3, 0.4) is 0 Å². The molecule has 2 heterocycles. The fraction of sp³-hybridized carbons (Fsp3) is 0.385. The molecule has 0 aromatic carbocycles. The number of rotatable bonds is 3. The molecule has 0 saturated heterocycles. The molecule has 0 N–H and O–H groups in total. The normalized spacial score (nSPS) is 11.0. The molecule has 0 aliphatic rings. The van der Waals surface area contributed by atoms with Gasteiger partial charge in [0.1, 0.15) is 5.01 Å². The Labute approximate surface area is 100 Å². The molecule has 0 radical (unpaired) electrons. The molecule has 0 spiro atoms. The van der Waals surface area contributed by atoms with E-state index in [4.69, 9.17) is 4.98 Å². The Kier molecular flexibility index (Phi) is 3.34. The Morgan fingerprint density at radius 1 is 1.38 bits per heavy atom. The van der Waals surface area contributed by atoms with Crippen molar-refractivity contribution < 1.29 is 0 Å². The summed E-state index contributed by atoms with van der Waals surface area (Å²) in [7, 11) is 0. The van der Waals surface area contributed by atoms with Gasteiger partial charge in [0.2, 0.25) is 0 Å². The van der Waals surface area contributed by atoms with Crippen LogP contribution < -0.4 is 0 Å². The standard InChI is InChI=1S/C13H16N2S/c1-4-11-12(9(2)3)16-13(15-11)10-6-5-7-14-8-10/h5-9H,4H2,1-3H3. The van der Waals surface area contributed by atoms with Crippen LogP contribution in [0.2, 0.25) is 0 Å². The van der Waals surface area contributed by atoms with Gasteiger partial charge in [0.05, 0.1) is 5.69 Å². The van der Waals surface area contributed by atoms with Crippen LogP contribution in [0.25, 0.3) is 10.6 Å². The van der Waals surface area contributed by atoms with Gasteiger partial charge in [-0.25, -0.2) is 4.98 Å². The Morgan fingerprint density at radius 2 is 2.19 bits per heavy atom. The van der Waals surface area contributed by atoms with E-state index >= 15 is 0 Å². The fourth-order valence-corrected chi connectivity index (χ4v) is 2.83. The van der Waals surface area contributed by atoms with Gasteiger partial charge in [-0.2, -0.15) is 0 Å². The minimum Gasteiger partial charge on any atom is -0.264 e. The number of thiazole rings is 1. The molecule has 3 heteroatoms. The lowest BCUT2D eigenvalue weighted by Crippen LogP contribution is -1.90. The van der Waals surface area contributed by atoms with Crippen molar-refractivity contribution in [2.45, 2.75) is 33.1 Å². The van der Waals surface area contributed by atoms with Gasteiger partial charge in [-0.05, 0) is 24.5 Å². The topological polar surface area (TPSA) is 25.8 Å². The van der Waals surface area contributed by atoms with Crippen LogP contribution in [0.1, 0.15) is 37.3 Å². The van der Waals surface area contributed by atoms with E-state index in [0.717, 1.165) is 17.0 Å². The lowest BCUT2D eigenvalue weighted by atomic mass is 10.1. The van der Waals surface area contributed by atoms with Crippen molar-refractivity contribution in [3.05, 3.63) is 35.1 Å². The van der Waals surface area contributed by atoms with Crippen molar-refractivity contribution in [3.63, 3.8) is 0 Å². The van der Waals surface area contributed by atoms with Gasteiger partial charge >= 0.3 is 0 Å². The Bertz CT molecular complexity index is 460. The highest BCUT2D eigenvalue weighted by Crippen LogP contribution is 2.32. The van der Waals surface area contributed by atoms with Crippen molar-refractivity contribution >= 4 is 11.3 Å². The molecule has 0 fully saturated rings. The summed E-state index contributed by atoms with van der Waals surface area (Å²) in [4.78, 5) is 10.2. The Morgan fingerprint density at radius 3 is 2.69 bits per heavy atom. The predicted octanol–water partition coefficient (Wildman–Crippen LogP) is 3.89. The minimum absolute atomic E-state index is 0.554. The maximum Gasteiger partial charge on any atom is 0.125 e. The van der Waals surface area contributed by atoms with Crippen LogP contribution in [0.15, 0.2) is 24.5 Å². The molecule has 0 aliphatic heterocycles. The van der Waals surface area contributed by atoms with E-state index in [-0.39, 0.29) is 0 Å². The van der Waals surface area contributed by atoms with E-state index in [1.165, 1.54) is 10.6 Å². The maximum absolute atomic E-state index is 4.70. The van der Waals surface area contributed by atoms with E-state index in [0.29, 0.717) is 5.92 Å². The molecule has 0 aliphatic carbocycles. The van der Waals surface area contributed by atoms with Gasteiger partial charge in [-0.15, -0.1) is 11.3 Å². The summed E-state index contributed by atoms with van der Waals surface area (Å²) in [6.07, 6.45) is 4.67. The molecule has 84 valence electrons. The second-order valence-electron chi connectivity index (χ2n) is 4.08. The van der Waals surface area contributed by atoms with Crippen LogP contribution in [0.4, 0.5) is 0 Å². The second kappa shape index (κ2) is 4.74. The molecule has 0 saturated carbocycles. The van der Waals surface area contributed by atoms with Gasteiger partial charge in [-0.3, -0.25) is 4.98 Å². The van der Waals surface area contributed by atoms with Crippen LogP contribution in [-0.2, 0) is 6.42 Å². The molecular weight excluding hydrogens is 216 g/mol. The SMILES string of the molecule is CCc1nc(-c2cccnc2)sc1C(C)C. The Balaban J connectivity index is 2.44. The van der Waals surface area contributed by atoms with Crippen LogP contribution in [-0.4, -0.2) is 9.97 Å². The van der Waals surface area contributed by atoms with Crippen LogP contribution >= 0.6 is 11.3 Å². The number of hydrogen-bond donors (Lipinski definition) is 0. The first kappa shape index (κ1) is 11.3.